The van der Waals surface area contributed by atoms with E-state index in [2.05, 4.69) is 23.9 Å². The molecule has 5 heteroatoms. The van der Waals surface area contributed by atoms with Crippen LogP contribution in [0, 0.1) is 0 Å². The number of nitrogens with zero attached hydrogens (tertiary/aromatic N) is 2. The highest BCUT2D eigenvalue weighted by molar-refractivity contribution is 7.10. The van der Waals surface area contributed by atoms with E-state index < -0.39 is 5.97 Å². The topological polar surface area (TPSA) is 43.8 Å². The minimum atomic E-state index is -0.897. The van der Waals surface area contributed by atoms with Crippen LogP contribution in [0.4, 0.5) is 0 Å². The molecule has 1 aromatic rings. The van der Waals surface area contributed by atoms with Crippen LogP contribution in [0.5, 0.6) is 0 Å². The molecule has 4 nitrogen and oxygen atoms in total. The number of rotatable bonds is 5. The van der Waals surface area contributed by atoms with E-state index in [1.54, 1.807) is 17.4 Å². The summed E-state index contributed by atoms with van der Waals surface area (Å²) in [4.78, 5) is 16.5. The number of aliphatic carboxylic acids is 1. The maximum atomic E-state index is 10.6. The van der Waals surface area contributed by atoms with Gasteiger partial charge in [-0.2, -0.15) is 0 Å². The second-order valence-electron chi connectivity index (χ2n) is 5.11. The highest BCUT2D eigenvalue weighted by Crippen LogP contribution is 2.23. The summed E-state index contributed by atoms with van der Waals surface area (Å²) in [6, 6.07) is 2.62. The SMILES string of the molecule is CN(C)C1CCN(Cc2sccc2C=CC(=O)O)C1. The molecular formula is C14H20N2O2S. The van der Waals surface area contributed by atoms with Gasteiger partial charge in [0.25, 0.3) is 0 Å². The van der Waals surface area contributed by atoms with Gasteiger partial charge in [0.1, 0.15) is 0 Å². The quantitative estimate of drug-likeness (QED) is 0.838. The number of carbonyl (C=O) groups is 1. The molecule has 1 aliphatic heterocycles. The molecule has 0 bridgehead atoms. The molecule has 1 atom stereocenters. The molecule has 2 rings (SSSR count). The number of hydrogen-bond acceptors (Lipinski definition) is 4. The van der Waals surface area contributed by atoms with E-state index in [9.17, 15) is 4.79 Å². The molecule has 0 aliphatic carbocycles. The van der Waals surface area contributed by atoms with Gasteiger partial charge in [0.05, 0.1) is 0 Å². The van der Waals surface area contributed by atoms with Crippen LogP contribution in [0.2, 0.25) is 0 Å². The average molecular weight is 280 g/mol. The zero-order chi connectivity index (χ0) is 13.8. The predicted octanol–water partition coefficient (Wildman–Crippen LogP) is 1.98. The van der Waals surface area contributed by atoms with Crippen molar-refractivity contribution >= 4 is 23.4 Å². The molecule has 1 aromatic heterocycles. The van der Waals surface area contributed by atoms with E-state index in [-0.39, 0.29) is 0 Å². The third kappa shape index (κ3) is 3.89. The van der Waals surface area contributed by atoms with Gasteiger partial charge in [-0.1, -0.05) is 0 Å². The molecule has 1 saturated heterocycles. The zero-order valence-electron chi connectivity index (χ0n) is 11.4. The van der Waals surface area contributed by atoms with Crippen molar-refractivity contribution < 1.29 is 9.90 Å². The molecule has 0 aromatic carbocycles. The van der Waals surface area contributed by atoms with Gasteiger partial charge in [0, 0.05) is 36.6 Å². The van der Waals surface area contributed by atoms with E-state index in [1.807, 2.05) is 11.4 Å². The Morgan fingerprint density at radius 1 is 1.63 bits per heavy atom. The Balaban J connectivity index is 1.97. The predicted molar refractivity (Wildman–Crippen MR) is 78.4 cm³/mol. The van der Waals surface area contributed by atoms with Crippen LogP contribution in [0.25, 0.3) is 6.08 Å². The Kier molecular flexibility index (Phi) is 4.74. The van der Waals surface area contributed by atoms with Gasteiger partial charge in [-0.15, -0.1) is 11.3 Å². The lowest BCUT2D eigenvalue weighted by atomic mass is 10.2. The fourth-order valence-corrected chi connectivity index (χ4v) is 3.28. The van der Waals surface area contributed by atoms with Gasteiger partial charge in [0.15, 0.2) is 0 Å². The number of likely N-dealkylation sites (N-methyl/N-ethyl adjacent to an activating group) is 1. The number of hydrogen-bond donors (Lipinski definition) is 1. The summed E-state index contributed by atoms with van der Waals surface area (Å²) in [5, 5.41) is 10.7. The van der Waals surface area contributed by atoms with Crippen molar-refractivity contribution in [2.24, 2.45) is 0 Å². The normalized spacial score (nSPS) is 20.7. The first-order chi connectivity index (χ1) is 9.06. The summed E-state index contributed by atoms with van der Waals surface area (Å²) >= 11 is 1.70. The average Bonchev–Trinajstić information content (AvgIpc) is 2.96. The van der Waals surface area contributed by atoms with Crippen LogP contribution >= 0.6 is 11.3 Å². The Bertz CT molecular complexity index is 468. The van der Waals surface area contributed by atoms with Crippen molar-refractivity contribution in [1.29, 1.82) is 0 Å². The molecule has 0 saturated carbocycles. The Labute approximate surface area is 118 Å². The maximum Gasteiger partial charge on any atom is 0.328 e. The lowest BCUT2D eigenvalue weighted by molar-refractivity contribution is -0.131. The second-order valence-corrected chi connectivity index (χ2v) is 6.11. The summed E-state index contributed by atoms with van der Waals surface area (Å²) in [7, 11) is 4.25. The molecule has 1 unspecified atom stereocenters. The Morgan fingerprint density at radius 3 is 3.05 bits per heavy atom. The monoisotopic (exact) mass is 280 g/mol. The fourth-order valence-electron chi connectivity index (χ4n) is 2.37. The third-order valence-corrected chi connectivity index (χ3v) is 4.45. The van der Waals surface area contributed by atoms with Crippen molar-refractivity contribution in [3.8, 4) is 0 Å². The smallest absolute Gasteiger partial charge is 0.328 e. The van der Waals surface area contributed by atoms with Crippen molar-refractivity contribution in [1.82, 2.24) is 9.80 Å². The minimum absolute atomic E-state index is 0.637. The molecule has 2 heterocycles. The van der Waals surface area contributed by atoms with Crippen LogP contribution in [0.3, 0.4) is 0 Å². The maximum absolute atomic E-state index is 10.6. The highest BCUT2D eigenvalue weighted by atomic mass is 32.1. The minimum Gasteiger partial charge on any atom is -0.478 e. The lowest BCUT2D eigenvalue weighted by Crippen LogP contribution is -2.31. The van der Waals surface area contributed by atoms with Crippen molar-refractivity contribution in [3.63, 3.8) is 0 Å². The summed E-state index contributed by atoms with van der Waals surface area (Å²) in [5.74, 6) is -0.897. The molecule has 1 N–H and O–H groups in total. The van der Waals surface area contributed by atoms with E-state index in [0.29, 0.717) is 6.04 Å². The molecule has 19 heavy (non-hydrogen) atoms. The first-order valence-corrected chi connectivity index (χ1v) is 7.30. The van der Waals surface area contributed by atoms with Gasteiger partial charge in [0.2, 0.25) is 0 Å². The molecule has 0 amide bonds. The van der Waals surface area contributed by atoms with Gasteiger partial charge in [-0.25, -0.2) is 4.79 Å². The van der Waals surface area contributed by atoms with E-state index >= 15 is 0 Å². The van der Waals surface area contributed by atoms with Crippen LogP contribution in [-0.2, 0) is 11.3 Å². The third-order valence-electron chi connectivity index (χ3n) is 3.53. The summed E-state index contributed by atoms with van der Waals surface area (Å²) in [5.41, 5.74) is 1.03. The molecule has 104 valence electrons. The number of carboxylic acid groups (broad SMARTS) is 1. The van der Waals surface area contributed by atoms with Crippen molar-refractivity contribution in [2.75, 3.05) is 27.2 Å². The fraction of sp³-hybridized carbons (Fsp3) is 0.500. The first-order valence-electron chi connectivity index (χ1n) is 6.42. The van der Waals surface area contributed by atoms with Gasteiger partial charge >= 0.3 is 5.97 Å². The first kappa shape index (κ1) is 14.2. The van der Waals surface area contributed by atoms with Crippen molar-refractivity contribution in [3.05, 3.63) is 28.0 Å². The van der Waals surface area contributed by atoms with E-state index in [4.69, 9.17) is 5.11 Å². The van der Waals surface area contributed by atoms with Crippen LogP contribution in [0.15, 0.2) is 17.5 Å². The largest absolute Gasteiger partial charge is 0.478 e. The number of likely N-dealkylation sites (tertiary alicyclic amines) is 1. The standard InChI is InChI=1S/C14H20N2O2S/c1-15(2)12-5-7-16(9-12)10-13-11(6-8-19-13)3-4-14(17)18/h3-4,6,8,12H,5,7,9-10H2,1-2H3,(H,17,18). The van der Waals surface area contributed by atoms with Gasteiger partial charge in [-0.05, 0) is 43.6 Å². The Morgan fingerprint density at radius 2 is 2.42 bits per heavy atom. The molecule has 0 spiro atoms. The molecule has 1 aliphatic rings. The second kappa shape index (κ2) is 6.32. The van der Waals surface area contributed by atoms with Crippen LogP contribution in [0.1, 0.15) is 16.9 Å². The number of thiophene rings is 1. The highest BCUT2D eigenvalue weighted by Gasteiger charge is 2.24. The Hall–Kier alpha value is -1.17. The van der Waals surface area contributed by atoms with Crippen LogP contribution < -0.4 is 0 Å². The summed E-state index contributed by atoms with van der Waals surface area (Å²) < 4.78 is 0. The van der Waals surface area contributed by atoms with Crippen molar-refractivity contribution in [2.45, 2.75) is 19.0 Å². The molecular weight excluding hydrogens is 260 g/mol. The molecule has 1 fully saturated rings. The summed E-state index contributed by atoms with van der Waals surface area (Å²) in [6.07, 6.45) is 4.10. The lowest BCUT2D eigenvalue weighted by Gasteiger charge is -2.20. The van der Waals surface area contributed by atoms with E-state index in [1.165, 1.54) is 17.4 Å². The zero-order valence-corrected chi connectivity index (χ0v) is 12.2. The van der Waals surface area contributed by atoms with Gasteiger partial charge < -0.3 is 10.0 Å². The summed E-state index contributed by atoms with van der Waals surface area (Å²) in [6.45, 7) is 3.12. The van der Waals surface area contributed by atoms with E-state index in [0.717, 1.165) is 25.2 Å². The molecule has 0 radical (unpaired) electrons. The van der Waals surface area contributed by atoms with Crippen LogP contribution in [-0.4, -0.2) is 54.1 Å². The number of carboxylic acids is 1. The van der Waals surface area contributed by atoms with Gasteiger partial charge in [-0.3, -0.25) is 4.90 Å².